The van der Waals surface area contributed by atoms with Gasteiger partial charge in [0.2, 0.25) is 0 Å². The lowest BCUT2D eigenvalue weighted by molar-refractivity contribution is -0.148. The molecule has 0 aliphatic heterocycles. The molecule has 2 aromatic carbocycles. The number of esters is 2. The van der Waals surface area contributed by atoms with Crippen LogP contribution in [0.3, 0.4) is 0 Å². The van der Waals surface area contributed by atoms with Gasteiger partial charge in [-0.05, 0) is 62.4 Å². The van der Waals surface area contributed by atoms with E-state index in [0.29, 0.717) is 0 Å². The van der Waals surface area contributed by atoms with Crippen LogP contribution in [-0.4, -0.2) is 42.1 Å². The molecule has 0 bridgehead atoms. The summed E-state index contributed by atoms with van der Waals surface area (Å²) in [6, 6.07) is 11.5. The maximum Gasteiger partial charge on any atom is 0.395 e. The molecule has 28 heavy (non-hydrogen) atoms. The summed E-state index contributed by atoms with van der Waals surface area (Å²) in [4.78, 5) is 48.0. The van der Waals surface area contributed by atoms with Crippen LogP contribution in [0.1, 0.15) is 34.6 Å². The third-order valence-electron chi connectivity index (χ3n) is 3.66. The lowest BCUT2D eigenvalue weighted by Crippen LogP contribution is -2.32. The van der Waals surface area contributed by atoms with Crippen LogP contribution in [-0.2, 0) is 19.1 Å². The van der Waals surface area contributed by atoms with Crippen molar-refractivity contribution >= 4 is 35.2 Å². The van der Waals surface area contributed by atoms with Gasteiger partial charge in [-0.1, -0.05) is 0 Å². The summed E-state index contributed by atoms with van der Waals surface area (Å²) in [7, 11) is 0. The van der Waals surface area contributed by atoms with E-state index in [2.05, 4.69) is 0 Å². The highest BCUT2D eigenvalue weighted by molar-refractivity contribution is 6.39. The maximum absolute atomic E-state index is 12.2. The predicted octanol–water partition coefficient (Wildman–Crippen LogP) is 2.79. The van der Waals surface area contributed by atoms with Gasteiger partial charge in [0.1, 0.15) is 0 Å². The molecule has 8 nitrogen and oxygen atoms in total. The number of anilines is 2. The van der Waals surface area contributed by atoms with Crippen LogP contribution in [0, 0.1) is 0 Å². The molecule has 146 valence electrons. The van der Waals surface area contributed by atoms with Crippen LogP contribution in [0.5, 0.6) is 0 Å². The number of amides is 1. The number of nitrogens with zero attached hydrogens (tertiary/aromatic N) is 1. The Labute approximate surface area is 161 Å². The fourth-order valence-corrected chi connectivity index (χ4v) is 2.40. The van der Waals surface area contributed by atoms with Gasteiger partial charge < -0.3 is 14.6 Å². The molecule has 8 heteroatoms. The Bertz CT molecular complexity index is 811. The number of carboxylic acids is 1. The Morgan fingerprint density at radius 3 is 1.39 bits per heavy atom. The summed E-state index contributed by atoms with van der Waals surface area (Å²) in [5, 5.41) is 9.16. The average Bonchev–Trinajstić information content (AvgIpc) is 2.69. The fourth-order valence-electron chi connectivity index (χ4n) is 2.40. The number of hydrogen-bond donors (Lipinski definition) is 1. The van der Waals surface area contributed by atoms with E-state index in [1.807, 2.05) is 0 Å². The van der Waals surface area contributed by atoms with E-state index < -0.39 is 23.8 Å². The number of hydrogen-bond acceptors (Lipinski definition) is 6. The van der Waals surface area contributed by atoms with E-state index in [9.17, 15) is 19.2 Å². The van der Waals surface area contributed by atoms with Crippen LogP contribution in [0.4, 0.5) is 11.4 Å². The van der Waals surface area contributed by atoms with Gasteiger partial charge in [-0.15, -0.1) is 0 Å². The highest BCUT2D eigenvalue weighted by Crippen LogP contribution is 2.27. The highest BCUT2D eigenvalue weighted by Gasteiger charge is 2.25. The molecular formula is C20H19NO7. The van der Waals surface area contributed by atoms with Crippen molar-refractivity contribution < 1.29 is 33.8 Å². The second-order valence-corrected chi connectivity index (χ2v) is 5.48. The van der Waals surface area contributed by atoms with Gasteiger partial charge in [-0.3, -0.25) is 9.69 Å². The SMILES string of the molecule is CCOC(=O)c1ccc(N(C(=O)C(=O)O)c2ccc(C(=O)OCC)cc2)cc1. The standard InChI is InChI=1S/C20H19NO7/c1-3-27-19(25)13-5-9-15(10-6-13)21(17(22)18(23)24)16-11-7-14(8-12-16)20(26)28-4-2/h5-12H,3-4H2,1-2H3,(H,23,24). The molecule has 0 unspecified atom stereocenters. The van der Waals surface area contributed by atoms with E-state index in [0.717, 1.165) is 4.90 Å². The van der Waals surface area contributed by atoms with Crippen molar-refractivity contribution in [2.24, 2.45) is 0 Å². The van der Waals surface area contributed by atoms with Crippen molar-refractivity contribution in [2.45, 2.75) is 13.8 Å². The summed E-state index contributed by atoms with van der Waals surface area (Å²) in [5.74, 6) is -3.88. The third kappa shape index (κ3) is 4.73. The topological polar surface area (TPSA) is 110 Å². The quantitative estimate of drug-likeness (QED) is 0.601. The van der Waals surface area contributed by atoms with Gasteiger partial charge in [0.15, 0.2) is 0 Å². The van der Waals surface area contributed by atoms with Crippen LogP contribution in [0.15, 0.2) is 48.5 Å². The number of carboxylic acid groups (broad SMARTS) is 1. The smallest absolute Gasteiger partial charge is 0.395 e. The minimum atomic E-state index is -1.65. The van der Waals surface area contributed by atoms with Gasteiger partial charge in [0, 0.05) is 11.4 Å². The lowest BCUT2D eigenvalue weighted by Gasteiger charge is -2.21. The van der Waals surface area contributed by atoms with E-state index in [1.165, 1.54) is 48.5 Å². The Morgan fingerprint density at radius 1 is 0.750 bits per heavy atom. The molecule has 1 amide bonds. The van der Waals surface area contributed by atoms with Crippen LogP contribution in [0.2, 0.25) is 0 Å². The van der Waals surface area contributed by atoms with Gasteiger partial charge in [-0.25, -0.2) is 14.4 Å². The number of aliphatic carboxylic acids is 1. The molecule has 0 spiro atoms. The zero-order valence-corrected chi connectivity index (χ0v) is 15.4. The molecular weight excluding hydrogens is 366 g/mol. The third-order valence-corrected chi connectivity index (χ3v) is 3.66. The second-order valence-electron chi connectivity index (χ2n) is 5.48. The number of rotatable bonds is 6. The monoisotopic (exact) mass is 385 g/mol. The normalized spacial score (nSPS) is 10.1. The predicted molar refractivity (Wildman–Crippen MR) is 99.6 cm³/mol. The first-order valence-corrected chi connectivity index (χ1v) is 8.50. The molecule has 2 aromatic rings. The van der Waals surface area contributed by atoms with E-state index >= 15 is 0 Å². The molecule has 0 atom stereocenters. The molecule has 2 rings (SSSR count). The van der Waals surface area contributed by atoms with Gasteiger partial charge in [-0.2, -0.15) is 0 Å². The first kappa shape index (κ1) is 20.6. The Morgan fingerprint density at radius 2 is 1.11 bits per heavy atom. The van der Waals surface area contributed by atoms with Gasteiger partial charge in [0.25, 0.3) is 0 Å². The second kappa shape index (κ2) is 9.31. The maximum atomic E-state index is 12.2. The minimum Gasteiger partial charge on any atom is -0.474 e. The Kier molecular flexibility index (Phi) is 6.86. The molecule has 0 saturated carbocycles. The van der Waals surface area contributed by atoms with Crippen LogP contribution < -0.4 is 4.90 Å². The average molecular weight is 385 g/mol. The zero-order chi connectivity index (χ0) is 20.7. The Hall–Kier alpha value is -3.68. The van der Waals surface area contributed by atoms with E-state index in [-0.39, 0.29) is 35.7 Å². The van der Waals surface area contributed by atoms with Crippen LogP contribution >= 0.6 is 0 Å². The minimum absolute atomic E-state index is 0.219. The van der Waals surface area contributed by atoms with Crippen molar-refractivity contribution in [1.82, 2.24) is 0 Å². The summed E-state index contributed by atoms with van der Waals surface area (Å²) in [5.41, 5.74) is 1.02. The molecule has 1 N–H and O–H groups in total. The highest BCUT2D eigenvalue weighted by atomic mass is 16.5. The first-order valence-electron chi connectivity index (χ1n) is 8.50. The molecule has 0 aliphatic rings. The van der Waals surface area contributed by atoms with Crippen molar-refractivity contribution in [3.05, 3.63) is 59.7 Å². The number of carbonyl (C=O) groups excluding carboxylic acids is 3. The van der Waals surface area contributed by atoms with Crippen LogP contribution in [0.25, 0.3) is 0 Å². The summed E-state index contributed by atoms with van der Waals surface area (Å²) in [6.07, 6.45) is 0. The number of carbonyl (C=O) groups is 4. The van der Waals surface area contributed by atoms with Crippen molar-refractivity contribution in [1.29, 1.82) is 0 Å². The molecule has 0 aromatic heterocycles. The lowest BCUT2D eigenvalue weighted by atomic mass is 10.1. The van der Waals surface area contributed by atoms with Crippen molar-refractivity contribution in [3.8, 4) is 0 Å². The number of ether oxygens (including phenoxy) is 2. The molecule has 0 fully saturated rings. The summed E-state index contributed by atoms with van der Waals surface area (Å²) in [6.45, 7) is 3.80. The molecule has 0 aliphatic carbocycles. The molecule has 0 heterocycles. The fraction of sp³-hybridized carbons (Fsp3) is 0.200. The molecule has 0 radical (unpaired) electrons. The first-order chi connectivity index (χ1) is 13.4. The zero-order valence-electron chi connectivity index (χ0n) is 15.4. The number of benzene rings is 2. The van der Waals surface area contributed by atoms with E-state index in [1.54, 1.807) is 13.8 Å². The van der Waals surface area contributed by atoms with E-state index in [4.69, 9.17) is 14.6 Å². The van der Waals surface area contributed by atoms with Gasteiger partial charge >= 0.3 is 23.8 Å². The van der Waals surface area contributed by atoms with Crippen molar-refractivity contribution in [3.63, 3.8) is 0 Å². The molecule has 0 saturated heterocycles. The largest absolute Gasteiger partial charge is 0.474 e. The Balaban J connectivity index is 2.38. The summed E-state index contributed by atoms with van der Waals surface area (Å²) >= 11 is 0. The van der Waals surface area contributed by atoms with Crippen molar-refractivity contribution in [2.75, 3.05) is 18.1 Å². The summed E-state index contributed by atoms with van der Waals surface area (Å²) < 4.78 is 9.79. The van der Waals surface area contributed by atoms with Gasteiger partial charge in [0.05, 0.1) is 24.3 Å².